The van der Waals surface area contributed by atoms with E-state index in [1.54, 1.807) is 16.8 Å². The highest BCUT2D eigenvalue weighted by Gasteiger charge is 2.07. The van der Waals surface area contributed by atoms with Crippen molar-refractivity contribution < 1.29 is 9.90 Å². The Hall–Kier alpha value is -2.56. The quantitative estimate of drug-likeness (QED) is 0.779. The second-order valence-electron chi connectivity index (χ2n) is 4.50. The summed E-state index contributed by atoms with van der Waals surface area (Å²) in [6.45, 7) is 0.677. The largest absolute Gasteiger partial charge is 0.478 e. The van der Waals surface area contributed by atoms with E-state index in [0.717, 1.165) is 16.6 Å². The van der Waals surface area contributed by atoms with Gasteiger partial charge in [0.1, 0.15) is 0 Å². The predicted molar refractivity (Wildman–Crippen MR) is 71.2 cm³/mol. The van der Waals surface area contributed by atoms with Crippen molar-refractivity contribution in [1.29, 1.82) is 0 Å². The first-order valence-electron chi connectivity index (χ1n) is 5.94. The van der Waals surface area contributed by atoms with Crippen LogP contribution in [0.15, 0.2) is 42.7 Å². The first-order valence-corrected chi connectivity index (χ1v) is 5.94. The molecule has 3 aromatic rings. The Morgan fingerprint density at radius 3 is 2.79 bits per heavy atom. The van der Waals surface area contributed by atoms with Crippen LogP contribution in [0.1, 0.15) is 16.1 Å². The van der Waals surface area contributed by atoms with Crippen molar-refractivity contribution in [3.05, 3.63) is 54.0 Å². The number of carboxylic acids is 1. The molecule has 3 rings (SSSR count). The molecule has 0 unspecified atom stereocenters. The molecule has 2 aromatic heterocycles. The third-order valence-corrected chi connectivity index (χ3v) is 3.12. The lowest BCUT2D eigenvalue weighted by atomic mass is 10.1. The molecular formula is C14H13N3O2. The number of carboxylic acid groups (broad SMARTS) is 1. The zero-order valence-electron chi connectivity index (χ0n) is 10.4. The molecule has 0 radical (unpaired) electrons. The average Bonchev–Trinajstić information content (AvgIpc) is 2.96. The fraction of sp³-hybridized carbons (Fsp3) is 0.143. The van der Waals surface area contributed by atoms with Crippen LogP contribution < -0.4 is 0 Å². The highest BCUT2D eigenvalue weighted by Crippen LogP contribution is 2.18. The number of fused-ring (bicyclic) bond motifs is 1. The van der Waals surface area contributed by atoms with Gasteiger partial charge >= 0.3 is 5.97 Å². The van der Waals surface area contributed by atoms with E-state index in [4.69, 9.17) is 5.11 Å². The maximum atomic E-state index is 10.9. The molecule has 0 bridgehead atoms. The van der Waals surface area contributed by atoms with Gasteiger partial charge in [-0.15, -0.1) is 0 Å². The third kappa shape index (κ3) is 2.10. The number of benzene rings is 1. The number of aromatic nitrogens is 3. The maximum absolute atomic E-state index is 10.9. The van der Waals surface area contributed by atoms with Gasteiger partial charge in [-0.25, -0.2) is 4.79 Å². The topological polar surface area (TPSA) is 60.0 Å². The number of aromatic carboxylic acids is 1. The van der Waals surface area contributed by atoms with E-state index in [1.165, 1.54) is 0 Å². The van der Waals surface area contributed by atoms with Gasteiger partial charge < -0.3 is 9.67 Å². The first kappa shape index (κ1) is 11.5. The molecule has 19 heavy (non-hydrogen) atoms. The predicted octanol–water partition coefficient (Wildman–Crippen LogP) is 2.12. The van der Waals surface area contributed by atoms with Gasteiger partial charge in [0, 0.05) is 30.3 Å². The van der Waals surface area contributed by atoms with Crippen LogP contribution in [0.25, 0.3) is 10.9 Å². The van der Waals surface area contributed by atoms with Gasteiger partial charge in [0.15, 0.2) is 0 Å². The van der Waals surface area contributed by atoms with Crippen LogP contribution in [0.5, 0.6) is 0 Å². The van der Waals surface area contributed by atoms with E-state index in [1.807, 2.05) is 37.6 Å². The lowest BCUT2D eigenvalue weighted by Gasteiger charge is -2.03. The van der Waals surface area contributed by atoms with E-state index >= 15 is 0 Å². The van der Waals surface area contributed by atoms with E-state index in [9.17, 15) is 4.79 Å². The molecule has 0 aliphatic rings. The lowest BCUT2D eigenvalue weighted by Crippen LogP contribution is -2.00. The summed E-state index contributed by atoms with van der Waals surface area (Å²) in [7, 11) is 1.89. The molecule has 0 amide bonds. The van der Waals surface area contributed by atoms with Crippen molar-refractivity contribution >= 4 is 16.9 Å². The standard InChI is InChI=1S/C14H13N3O2/c1-16-6-5-12(15-16)9-17-7-4-10-8-11(14(18)19)2-3-13(10)17/h2-8H,9H2,1H3,(H,18,19). The molecular weight excluding hydrogens is 242 g/mol. The van der Waals surface area contributed by atoms with Crippen molar-refractivity contribution in [2.45, 2.75) is 6.54 Å². The summed E-state index contributed by atoms with van der Waals surface area (Å²) in [4.78, 5) is 10.9. The van der Waals surface area contributed by atoms with Gasteiger partial charge in [0.25, 0.3) is 0 Å². The Balaban J connectivity index is 1.99. The highest BCUT2D eigenvalue weighted by molar-refractivity contribution is 5.93. The van der Waals surface area contributed by atoms with Crippen molar-refractivity contribution in [1.82, 2.24) is 14.3 Å². The van der Waals surface area contributed by atoms with E-state index in [-0.39, 0.29) is 0 Å². The van der Waals surface area contributed by atoms with Gasteiger partial charge in [0.05, 0.1) is 17.8 Å². The van der Waals surface area contributed by atoms with Gasteiger partial charge in [-0.1, -0.05) is 0 Å². The summed E-state index contributed by atoms with van der Waals surface area (Å²) in [5.74, 6) is -0.903. The number of nitrogens with zero attached hydrogens (tertiary/aromatic N) is 3. The molecule has 0 atom stereocenters. The first-order chi connectivity index (χ1) is 9.13. The number of aryl methyl sites for hydroxylation is 1. The zero-order valence-corrected chi connectivity index (χ0v) is 10.4. The van der Waals surface area contributed by atoms with E-state index in [2.05, 4.69) is 9.67 Å². The van der Waals surface area contributed by atoms with Gasteiger partial charge in [0.2, 0.25) is 0 Å². The summed E-state index contributed by atoms with van der Waals surface area (Å²) in [5.41, 5.74) is 2.29. The second kappa shape index (κ2) is 4.28. The Labute approximate surface area is 109 Å². The zero-order chi connectivity index (χ0) is 13.4. The Morgan fingerprint density at radius 1 is 1.26 bits per heavy atom. The lowest BCUT2D eigenvalue weighted by molar-refractivity contribution is 0.0697. The number of hydrogen-bond donors (Lipinski definition) is 1. The summed E-state index contributed by atoms with van der Waals surface area (Å²) < 4.78 is 3.83. The summed E-state index contributed by atoms with van der Waals surface area (Å²) in [5, 5.41) is 14.2. The average molecular weight is 255 g/mol. The third-order valence-electron chi connectivity index (χ3n) is 3.12. The number of carbonyl (C=O) groups is 1. The molecule has 0 aliphatic carbocycles. The van der Waals surface area contributed by atoms with Crippen molar-refractivity contribution in [3.8, 4) is 0 Å². The minimum absolute atomic E-state index is 0.308. The molecule has 0 spiro atoms. The van der Waals surface area contributed by atoms with Gasteiger partial charge in [-0.2, -0.15) is 5.10 Å². The van der Waals surface area contributed by atoms with Crippen LogP contribution >= 0.6 is 0 Å². The maximum Gasteiger partial charge on any atom is 0.335 e. The SMILES string of the molecule is Cn1ccc(Cn2ccc3cc(C(=O)O)ccc32)n1. The fourth-order valence-electron chi connectivity index (χ4n) is 2.19. The minimum atomic E-state index is -0.903. The molecule has 1 aromatic carbocycles. The normalized spacial score (nSPS) is 11.0. The van der Waals surface area contributed by atoms with Crippen LogP contribution in [-0.4, -0.2) is 25.4 Å². The van der Waals surface area contributed by atoms with Crippen LogP contribution in [-0.2, 0) is 13.6 Å². The van der Waals surface area contributed by atoms with Gasteiger partial charge in [-0.3, -0.25) is 4.68 Å². The highest BCUT2D eigenvalue weighted by atomic mass is 16.4. The summed E-state index contributed by atoms with van der Waals surface area (Å²) in [6.07, 6.45) is 3.86. The molecule has 0 saturated carbocycles. The van der Waals surface area contributed by atoms with Crippen molar-refractivity contribution in [2.24, 2.45) is 7.05 Å². The molecule has 0 fully saturated rings. The van der Waals surface area contributed by atoms with Crippen LogP contribution in [0.2, 0.25) is 0 Å². The van der Waals surface area contributed by atoms with Crippen LogP contribution in [0.3, 0.4) is 0 Å². The second-order valence-corrected chi connectivity index (χ2v) is 4.50. The Morgan fingerprint density at radius 2 is 2.11 bits per heavy atom. The van der Waals surface area contributed by atoms with Crippen molar-refractivity contribution in [3.63, 3.8) is 0 Å². The number of rotatable bonds is 3. The van der Waals surface area contributed by atoms with Crippen LogP contribution in [0, 0.1) is 0 Å². The molecule has 0 saturated heterocycles. The molecule has 1 N–H and O–H groups in total. The molecule has 5 nitrogen and oxygen atoms in total. The molecule has 2 heterocycles. The summed E-state index contributed by atoms with van der Waals surface area (Å²) in [6, 6.07) is 9.04. The Kier molecular flexibility index (Phi) is 2.59. The van der Waals surface area contributed by atoms with Crippen molar-refractivity contribution in [2.75, 3.05) is 0 Å². The van der Waals surface area contributed by atoms with Crippen LogP contribution in [0.4, 0.5) is 0 Å². The van der Waals surface area contributed by atoms with Gasteiger partial charge in [-0.05, 0) is 30.3 Å². The smallest absolute Gasteiger partial charge is 0.335 e. The molecule has 96 valence electrons. The molecule has 0 aliphatic heterocycles. The monoisotopic (exact) mass is 255 g/mol. The van der Waals surface area contributed by atoms with E-state index in [0.29, 0.717) is 12.1 Å². The summed E-state index contributed by atoms with van der Waals surface area (Å²) >= 11 is 0. The number of hydrogen-bond acceptors (Lipinski definition) is 2. The Bertz CT molecular complexity index is 755. The fourth-order valence-corrected chi connectivity index (χ4v) is 2.19. The van der Waals surface area contributed by atoms with E-state index < -0.39 is 5.97 Å². The minimum Gasteiger partial charge on any atom is -0.478 e. The molecule has 5 heteroatoms.